The van der Waals surface area contributed by atoms with Crippen molar-refractivity contribution in [3.8, 4) is 0 Å². The van der Waals surface area contributed by atoms with E-state index in [2.05, 4.69) is 27.9 Å². The van der Waals surface area contributed by atoms with Crippen molar-refractivity contribution in [1.29, 1.82) is 0 Å². The Labute approximate surface area is 159 Å². The van der Waals surface area contributed by atoms with Crippen LogP contribution in [0.5, 0.6) is 0 Å². The van der Waals surface area contributed by atoms with Gasteiger partial charge in [0.05, 0.1) is 0 Å². The van der Waals surface area contributed by atoms with Crippen LogP contribution in [0, 0.1) is 0 Å². The summed E-state index contributed by atoms with van der Waals surface area (Å²) in [4.78, 5) is 15.7. The van der Waals surface area contributed by atoms with Crippen LogP contribution in [0.2, 0.25) is 0 Å². The number of nitrogens with one attached hydrogen (secondary N) is 3. The lowest BCUT2D eigenvalue weighted by Crippen LogP contribution is -2.40. The lowest BCUT2D eigenvalue weighted by atomic mass is 10.1. The van der Waals surface area contributed by atoms with Crippen molar-refractivity contribution in [1.82, 2.24) is 16.0 Å². The molecule has 0 heterocycles. The van der Waals surface area contributed by atoms with Crippen molar-refractivity contribution in [2.45, 2.75) is 78.2 Å². The maximum atomic E-state index is 11.5. The molecule has 0 fully saturated rings. The summed E-state index contributed by atoms with van der Waals surface area (Å²) in [5.74, 6) is 0.855. The highest BCUT2D eigenvalue weighted by Gasteiger charge is 2.03. The van der Waals surface area contributed by atoms with E-state index in [-0.39, 0.29) is 35.9 Å². The zero-order valence-corrected chi connectivity index (χ0v) is 17.7. The number of guanidine groups is 1. The minimum absolute atomic E-state index is 0. The number of rotatable bonds is 12. The van der Waals surface area contributed by atoms with Gasteiger partial charge in [0.15, 0.2) is 5.96 Å². The van der Waals surface area contributed by atoms with Gasteiger partial charge in [0.1, 0.15) is 0 Å². The number of aliphatic imine (C=N–C) groups is 1. The van der Waals surface area contributed by atoms with Gasteiger partial charge in [0.2, 0.25) is 5.91 Å². The van der Waals surface area contributed by atoms with E-state index in [0.29, 0.717) is 13.0 Å². The van der Waals surface area contributed by atoms with Gasteiger partial charge in [-0.3, -0.25) is 9.79 Å². The Morgan fingerprint density at radius 3 is 2.09 bits per heavy atom. The van der Waals surface area contributed by atoms with Crippen LogP contribution in [0.25, 0.3) is 0 Å². The van der Waals surface area contributed by atoms with Gasteiger partial charge < -0.3 is 16.0 Å². The van der Waals surface area contributed by atoms with Crippen molar-refractivity contribution in [2.24, 2.45) is 4.99 Å². The zero-order chi connectivity index (χ0) is 16.6. The molecule has 6 heteroatoms. The van der Waals surface area contributed by atoms with Crippen LogP contribution in [0.3, 0.4) is 0 Å². The molecule has 0 aliphatic rings. The molecule has 0 rings (SSSR count). The van der Waals surface area contributed by atoms with E-state index in [4.69, 9.17) is 0 Å². The lowest BCUT2D eigenvalue weighted by molar-refractivity contribution is -0.121. The van der Waals surface area contributed by atoms with Gasteiger partial charge in [-0.1, -0.05) is 45.4 Å². The number of amides is 1. The summed E-state index contributed by atoms with van der Waals surface area (Å²) in [5, 5.41) is 9.34. The van der Waals surface area contributed by atoms with Gasteiger partial charge in [-0.05, 0) is 20.3 Å². The molecular weight excluding hydrogens is 403 g/mol. The highest BCUT2D eigenvalue weighted by Crippen LogP contribution is 2.06. The number of unbranched alkanes of at least 4 members (excludes halogenated alkanes) is 6. The summed E-state index contributed by atoms with van der Waals surface area (Å²) in [5.41, 5.74) is 0. The minimum atomic E-state index is 0. The van der Waals surface area contributed by atoms with Crippen molar-refractivity contribution in [3.63, 3.8) is 0 Å². The first-order valence-corrected chi connectivity index (χ1v) is 8.84. The summed E-state index contributed by atoms with van der Waals surface area (Å²) < 4.78 is 0. The van der Waals surface area contributed by atoms with E-state index in [0.717, 1.165) is 12.5 Å². The summed E-state index contributed by atoms with van der Waals surface area (Å²) in [7, 11) is 1.76. The fraction of sp³-hybridized carbons (Fsp3) is 0.882. The third-order valence-corrected chi connectivity index (χ3v) is 3.39. The number of carbonyl (C=O) groups excluding carboxylic acids is 1. The Bertz CT molecular complexity index is 309. The molecule has 1 amide bonds. The van der Waals surface area contributed by atoms with Gasteiger partial charge in [-0.25, -0.2) is 0 Å². The third-order valence-electron chi connectivity index (χ3n) is 3.39. The molecule has 5 nitrogen and oxygen atoms in total. The fourth-order valence-electron chi connectivity index (χ4n) is 2.20. The van der Waals surface area contributed by atoms with Crippen molar-refractivity contribution >= 4 is 35.8 Å². The number of carbonyl (C=O) groups is 1. The molecule has 0 aliphatic heterocycles. The molecule has 0 unspecified atom stereocenters. The van der Waals surface area contributed by atoms with E-state index in [1.54, 1.807) is 7.05 Å². The molecule has 0 aromatic carbocycles. The second-order valence-electron chi connectivity index (χ2n) is 6.02. The maximum absolute atomic E-state index is 11.5. The van der Waals surface area contributed by atoms with Crippen LogP contribution in [-0.2, 0) is 4.79 Å². The lowest BCUT2D eigenvalue weighted by Gasteiger charge is -2.12. The van der Waals surface area contributed by atoms with Gasteiger partial charge in [-0.15, -0.1) is 24.0 Å². The highest BCUT2D eigenvalue weighted by atomic mass is 127. The summed E-state index contributed by atoms with van der Waals surface area (Å²) >= 11 is 0. The second kappa shape index (κ2) is 17.8. The topological polar surface area (TPSA) is 65.5 Å². The Morgan fingerprint density at radius 2 is 1.52 bits per heavy atom. The number of hydrogen-bond acceptors (Lipinski definition) is 2. The number of hydrogen-bond donors (Lipinski definition) is 3. The molecule has 0 bridgehead atoms. The van der Waals surface area contributed by atoms with Gasteiger partial charge in [-0.2, -0.15) is 0 Å². The molecule has 0 aromatic rings. The predicted octanol–water partition coefficient (Wildman–Crippen LogP) is 3.43. The van der Waals surface area contributed by atoms with E-state index in [1.807, 2.05) is 13.8 Å². The first-order chi connectivity index (χ1) is 10.6. The summed E-state index contributed by atoms with van der Waals surface area (Å²) in [6.07, 6.45) is 9.61. The number of nitrogens with zero attached hydrogens (tertiary/aromatic N) is 1. The van der Waals surface area contributed by atoms with Gasteiger partial charge in [0, 0.05) is 32.6 Å². The Balaban J connectivity index is 0. The first kappa shape index (κ1) is 24.7. The second-order valence-corrected chi connectivity index (χ2v) is 6.02. The standard InChI is InChI=1S/C17H36N4O.HI/c1-5-6-7-8-9-10-11-13-19-17(18-4)20-14-12-16(22)21-15(2)3;/h15H,5-14H2,1-4H3,(H,21,22)(H2,18,19,20);1H. The molecule has 0 atom stereocenters. The van der Waals surface area contributed by atoms with Crippen LogP contribution in [0.15, 0.2) is 4.99 Å². The van der Waals surface area contributed by atoms with Crippen molar-refractivity contribution < 1.29 is 4.79 Å². The normalized spacial score (nSPS) is 11.1. The summed E-state index contributed by atoms with van der Waals surface area (Å²) in [6.45, 7) is 7.72. The molecule has 0 saturated heterocycles. The molecule has 3 N–H and O–H groups in total. The molecule has 0 aromatic heterocycles. The number of halogens is 1. The molecule has 0 saturated carbocycles. The van der Waals surface area contributed by atoms with Crippen molar-refractivity contribution in [3.05, 3.63) is 0 Å². The quantitative estimate of drug-likeness (QED) is 0.189. The van der Waals surface area contributed by atoms with Gasteiger partial charge >= 0.3 is 0 Å². The molecular formula is C17H37IN4O. The molecule has 138 valence electrons. The maximum Gasteiger partial charge on any atom is 0.221 e. The predicted molar refractivity (Wildman–Crippen MR) is 111 cm³/mol. The fourth-order valence-corrected chi connectivity index (χ4v) is 2.20. The SMILES string of the molecule is CCCCCCCCCNC(=NC)NCCC(=O)NC(C)C.I. The molecule has 0 spiro atoms. The van der Waals surface area contributed by atoms with E-state index >= 15 is 0 Å². The van der Waals surface area contributed by atoms with Crippen LogP contribution >= 0.6 is 24.0 Å². The first-order valence-electron chi connectivity index (χ1n) is 8.84. The van der Waals surface area contributed by atoms with Crippen LogP contribution < -0.4 is 16.0 Å². The smallest absolute Gasteiger partial charge is 0.221 e. The Hall–Kier alpha value is -0.530. The highest BCUT2D eigenvalue weighted by molar-refractivity contribution is 14.0. The zero-order valence-electron chi connectivity index (χ0n) is 15.4. The molecule has 23 heavy (non-hydrogen) atoms. The third kappa shape index (κ3) is 17.7. The Morgan fingerprint density at radius 1 is 0.957 bits per heavy atom. The Kier molecular flexibility index (Phi) is 19.1. The van der Waals surface area contributed by atoms with Crippen LogP contribution in [0.4, 0.5) is 0 Å². The van der Waals surface area contributed by atoms with E-state index < -0.39 is 0 Å². The molecule has 0 aliphatic carbocycles. The minimum Gasteiger partial charge on any atom is -0.356 e. The average Bonchev–Trinajstić information content (AvgIpc) is 2.47. The van der Waals surface area contributed by atoms with Gasteiger partial charge in [0.25, 0.3) is 0 Å². The van der Waals surface area contributed by atoms with Crippen LogP contribution in [0.1, 0.15) is 72.1 Å². The summed E-state index contributed by atoms with van der Waals surface area (Å²) in [6, 6.07) is 0.197. The van der Waals surface area contributed by atoms with Crippen LogP contribution in [-0.4, -0.2) is 38.0 Å². The van der Waals surface area contributed by atoms with E-state index in [9.17, 15) is 4.79 Å². The van der Waals surface area contributed by atoms with Crippen molar-refractivity contribution in [2.75, 3.05) is 20.1 Å². The molecule has 0 radical (unpaired) electrons. The van der Waals surface area contributed by atoms with E-state index in [1.165, 1.54) is 44.9 Å². The largest absolute Gasteiger partial charge is 0.356 e. The average molecular weight is 440 g/mol. The monoisotopic (exact) mass is 440 g/mol.